The summed E-state index contributed by atoms with van der Waals surface area (Å²) in [6.45, 7) is 0. The van der Waals surface area contributed by atoms with E-state index in [9.17, 15) is 15.2 Å². The number of nitrogens with two attached hydrogens (primary N) is 1. The molecule has 1 aliphatic rings. The number of nitrogen functional groups attached to an aromatic ring is 1. The number of imidazole rings is 1. The molecule has 1 fully saturated rings. The summed E-state index contributed by atoms with van der Waals surface area (Å²) in [7, 11) is 0. The number of anilines is 1. The molecular formula is C22H20N6O2. The summed E-state index contributed by atoms with van der Waals surface area (Å²) in [5.41, 5.74) is 9.75. The number of fused-ring (bicyclic) bond motifs is 2. The van der Waals surface area contributed by atoms with E-state index in [-0.39, 0.29) is 11.8 Å². The molecule has 4 N–H and O–H groups in total. The van der Waals surface area contributed by atoms with E-state index in [1.165, 1.54) is 0 Å². The second kappa shape index (κ2) is 6.88. The van der Waals surface area contributed by atoms with Crippen LogP contribution in [0.4, 0.5) is 5.82 Å². The standard InChI is InChI=1S/C22H20N6O2/c23-11-15-3-1-2-14-10-16(26-17(14)15)18-19-20(24)25-8-9-28(19)21(27-18)12-4-6-13(7-5-12)22(29)30/h1-3,8-10,12-13,26H,4-7H2,(H2,24,25)(H,29,30)/t12-,13-. The van der Waals surface area contributed by atoms with E-state index >= 15 is 0 Å². The molecule has 8 nitrogen and oxygen atoms in total. The number of aromatic amines is 1. The van der Waals surface area contributed by atoms with Gasteiger partial charge in [-0.3, -0.25) is 9.20 Å². The molecule has 0 saturated heterocycles. The van der Waals surface area contributed by atoms with Crippen LogP contribution in [0.5, 0.6) is 0 Å². The monoisotopic (exact) mass is 400 g/mol. The molecule has 0 aliphatic heterocycles. The number of nitrogens with one attached hydrogen (secondary N) is 1. The molecule has 0 atom stereocenters. The number of carboxylic acid groups (broad SMARTS) is 1. The summed E-state index contributed by atoms with van der Waals surface area (Å²) in [5, 5.41) is 19.6. The second-order valence-electron chi connectivity index (χ2n) is 7.80. The van der Waals surface area contributed by atoms with Gasteiger partial charge in [-0.25, -0.2) is 9.97 Å². The molecular weight excluding hydrogens is 380 g/mol. The van der Waals surface area contributed by atoms with Crippen molar-refractivity contribution in [2.45, 2.75) is 31.6 Å². The number of carboxylic acids is 1. The predicted molar refractivity (Wildman–Crippen MR) is 112 cm³/mol. The van der Waals surface area contributed by atoms with Crippen LogP contribution in [0.3, 0.4) is 0 Å². The van der Waals surface area contributed by atoms with Crippen LogP contribution >= 0.6 is 0 Å². The highest BCUT2D eigenvalue weighted by molar-refractivity contribution is 5.93. The third-order valence-corrected chi connectivity index (χ3v) is 6.08. The summed E-state index contributed by atoms with van der Waals surface area (Å²) < 4.78 is 1.97. The zero-order valence-electron chi connectivity index (χ0n) is 16.2. The number of para-hydroxylation sites is 1. The molecule has 3 aromatic heterocycles. The summed E-state index contributed by atoms with van der Waals surface area (Å²) in [4.78, 5) is 23.8. The Labute approximate surface area is 172 Å². The fourth-order valence-corrected chi connectivity index (χ4v) is 4.54. The first-order valence-electron chi connectivity index (χ1n) is 9.94. The fourth-order valence-electron chi connectivity index (χ4n) is 4.54. The zero-order chi connectivity index (χ0) is 20.8. The number of aromatic nitrogens is 4. The van der Waals surface area contributed by atoms with Gasteiger partial charge in [0.2, 0.25) is 0 Å². The molecule has 150 valence electrons. The second-order valence-corrected chi connectivity index (χ2v) is 7.80. The van der Waals surface area contributed by atoms with Crippen molar-refractivity contribution in [3.05, 3.63) is 48.0 Å². The lowest BCUT2D eigenvalue weighted by atomic mass is 9.81. The van der Waals surface area contributed by atoms with E-state index in [4.69, 9.17) is 10.7 Å². The minimum absolute atomic E-state index is 0.155. The minimum Gasteiger partial charge on any atom is -0.481 e. The number of H-pyrrole nitrogens is 1. The Balaban J connectivity index is 1.64. The number of nitrogens with zero attached hydrogens (tertiary/aromatic N) is 4. The van der Waals surface area contributed by atoms with Crippen LogP contribution < -0.4 is 5.73 Å². The van der Waals surface area contributed by atoms with Gasteiger partial charge >= 0.3 is 5.97 Å². The Morgan fingerprint density at radius 2 is 2.10 bits per heavy atom. The molecule has 0 spiro atoms. The van der Waals surface area contributed by atoms with Gasteiger partial charge in [-0.2, -0.15) is 5.26 Å². The van der Waals surface area contributed by atoms with Gasteiger partial charge in [0.1, 0.15) is 28.9 Å². The lowest BCUT2D eigenvalue weighted by Gasteiger charge is -2.25. The van der Waals surface area contributed by atoms with Crippen LogP contribution in [0.25, 0.3) is 27.8 Å². The molecule has 30 heavy (non-hydrogen) atoms. The van der Waals surface area contributed by atoms with E-state index < -0.39 is 5.97 Å². The van der Waals surface area contributed by atoms with Crippen LogP contribution in [0.15, 0.2) is 36.7 Å². The van der Waals surface area contributed by atoms with E-state index in [0.717, 1.165) is 40.8 Å². The Morgan fingerprint density at radius 1 is 1.30 bits per heavy atom. The maximum Gasteiger partial charge on any atom is 0.306 e. The summed E-state index contributed by atoms with van der Waals surface area (Å²) in [6.07, 6.45) is 6.32. The SMILES string of the molecule is N#Cc1cccc2cc(-c3nc([C@H]4CC[C@H](C(=O)O)CC4)n4ccnc(N)c34)[nH]c12. The van der Waals surface area contributed by atoms with E-state index in [1.54, 1.807) is 12.3 Å². The van der Waals surface area contributed by atoms with Crippen molar-refractivity contribution >= 4 is 28.2 Å². The molecule has 0 bridgehead atoms. The first-order chi connectivity index (χ1) is 14.6. The molecule has 1 saturated carbocycles. The maximum atomic E-state index is 11.3. The van der Waals surface area contributed by atoms with E-state index in [2.05, 4.69) is 16.0 Å². The first kappa shape index (κ1) is 18.2. The Hall–Kier alpha value is -3.86. The zero-order valence-corrected chi connectivity index (χ0v) is 16.2. The number of aliphatic carboxylic acids is 1. The topological polar surface area (TPSA) is 133 Å². The van der Waals surface area contributed by atoms with Crippen LogP contribution in [-0.2, 0) is 4.79 Å². The normalized spacial score (nSPS) is 19.2. The lowest BCUT2D eigenvalue weighted by molar-refractivity contribution is -0.142. The molecule has 1 aliphatic carbocycles. The Bertz CT molecular complexity index is 1320. The van der Waals surface area contributed by atoms with Crippen LogP contribution in [0.2, 0.25) is 0 Å². The van der Waals surface area contributed by atoms with Crippen molar-refractivity contribution in [1.29, 1.82) is 5.26 Å². The van der Waals surface area contributed by atoms with Crippen molar-refractivity contribution in [3.63, 3.8) is 0 Å². The molecule has 3 heterocycles. The third kappa shape index (κ3) is 2.78. The molecule has 8 heteroatoms. The number of nitriles is 1. The van der Waals surface area contributed by atoms with Crippen molar-refractivity contribution < 1.29 is 9.90 Å². The summed E-state index contributed by atoms with van der Waals surface area (Å²) in [5.74, 6) is 0.406. The number of hydrogen-bond acceptors (Lipinski definition) is 5. The number of hydrogen-bond donors (Lipinski definition) is 3. The van der Waals surface area contributed by atoms with Crippen LogP contribution in [-0.4, -0.2) is 30.4 Å². The predicted octanol–water partition coefficient (Wildman–Crippen LogP) is 3.69. The molecule has 5 rings (SSSR count). The largest absolute Gasteiger partial charge is 0.481 e. The number of benzene rings is 1. The molecule has 1 aromatic carbocycles. The fraction of sp³-hybridized carbons (Fsp3) is 0.273. The van der Waals surface area contributed by atoms with Gasteiger partial charge in [0.25, 0.3) is 0 Å². The summed E-state index contributed by atoms with van der Waals surface area (Å²) >= 11 is 0. The van der Waals surface area contributed by atoms with Crippen molar-refractivity contribution in [1.82, 2.24) is 19.4 Å². The maximum absolute atomic E-state index is 11.3. The van der Waals surface area contributed by atoms with Crippen molar-refractivity contribution in [3.8, 4) is 17.5 Å². The summed E-state index contributed by atoms with van der Waals surface area (Å²) in [6, 6.07) is 9.76. The van der Waals surface area contributed by atoms with Gasteiger partial charge in [0.05, 0.1) is 22.7 Å². The minimum atomic E-state index is -0.720. The van der Waals surface area contributed by atoms with Crippen LogP contribution in [0.1, 0.15) is 43.0 Å². The molecule has 0 unspecified atom stereocenters. The van der Waals surface area contributed by atoms with Gasteiger partial charge in [-0.05, 0) is 37.8 Å². The number of rotatable bonds is 3. The van der Waals surface area contributed by atoms with Gasteiger partial charge in [-0.1, -0.05) is 12.1 Å². The Morgan fingerprint density at radius 3 is 2.83 bits per heavy atom. The molecule has 0 amide bonds. The van der Waals surface area contributed by atoms with Gasteiger partial charge < -0.3 is 15.8 Å². The van der Waals surface area contributed by atoms with Crippen molar-refractivity contribution in [2.75, 3.05) is 5.73 Å². The van der Waals surface area contributed by atoms with Gasteiger partial charge in [0, 0.05) is 23.7 Å². The van der Waals surface area contributed by atoms with Crippen molar-refractivity contribution in [2.24, 2.45) is 5.92 Å². The van der Waals surface area contributed by atoms with Crippen LogP contribution in [0, 0.1) is 17.2 Å². The highest BCUT2D eigenvalue weighted by Crippen LogP contribution is 2.39. The average Bonchev–Trinajstić information content (AvgIpc) is 3.36. The molecule has 0 radical (unpaired) electrons. The molecule has 4 aromatic rings. The lowest BCUT2D eigenvalue weighted by Crippen LogP contribution is -2.21. The van der Waals surface area contributed by atoms with Gasteiger partial charge in [0.15, 0.2) is 0 Å². The van der Waals surface area contributed by atoms with E-state index in [0.29, 0.717) is 29.9 Å². The van der Waals surface area contributed by atoms with Gasteiger partial charge in [-0.15, -0.1) is 0 Å². The third-order valence-electron chi connectivity index (χ3n) is 6.08. The highest BCUT2D eigenvalue weighted by Gasteiger charge is 2.30. The number of carbonyl (C=O) groups is 1. The quantitative estimate of drug-likeness (QED) is 0.480. The van der Waals surface area contributed by atoms with E-state index in [1.807, 2.05) is 28.8 Å². The Kier molecular flexibility index (Phi) is 4.17. The average molecular weight is 400 g/mol. The highest BCUT2D eigenvalue weighted by atomic mass is 16.4. The first-order valence-corrected chi connectivity index (χ1v) is 9.94. The smallest absolute Gasteiger partial charge is 0.306 e.